The van der Waals surface area contributed by atoms with E-state index in [1.54, 1.807) is 0 Å². The Hall–Kier alpha value is 0.270. The molecule has 2 fully saturated rings. The Labute approximate surface area is 91.8 Å². The Morgan fingerprint density at radius 2 is 1.79 bits per heavy atom. The largest absolute Gasteiger partial charge is 0.309 e. The van der Waals surface area contributed by atoms with Gasteiger partial charge in [0.15, 0.2) is 0 Å². The van der Waals surface area contributed by atoms with Gasteiger partial charge in [-0.05, 0) is 26.0 Å². The highest BCUT2D eigenvalue weighted by Crippen LogP contribution is 2.31. The number of rotatable bonds is 1. The summed E-state index contributed by atoms with van der Waals surface area (Å²) < 4.78 is 0. The van der Waals surface area contributed by atoms with Gasteiger partial charge in [0.25, 0.3) is 0 Å². The molecule has 82 valence electrons. The summed E-state index contributed by atoms with van der Waals surface area (Å²) in [6, 6.07) is 2.17. The molecule has 2 rings (SSSR count). The van der Waals surface area contributed by atoms with E-state index < -0.39 is 0 Å². The Balaban J connectivity index is 1.95. The Bertz CT molecular complexity index is 188. The lowest BCUT2D eigenvalue weighted by Crippen LogP contribution is -2.57. The van der Waals surface area contributed by atoms with E-state index in [-0.39, 0.29) is 0 Å². The quantitative estimate of drug-likeness (QED) is 0.713. The predicted molar refractivity (Wildman–Crippen MR) is 64.0 cm³/mol. The van der Waals surface area contributed by atoms with Gasteiger partial charge >= 0.3 is 0 Å². The molecule has 0 aliphatic carbocycles. The lowest BCUT2D eigenvalue weighted by Gasteiger charge is -2.40. The second kappa shape index (κ2) is 4.42. The smallest absolute Gasteiger partial charge is 0.0221 e. The van der Waals surface area contributed by atoms with Gasteiger partial charge in [-0.25, -0.2) is 0 Å². The van der Waals surface area contributed by atoms with E-state index >= 15 is 0 Å². The van der Waals surface area contributed by atoms with Gasteiger partial charge < -0.3 is 5.32 Å². The van der Waals surface area contributed by atoms with Gasteiger partial charge in [0.05, 0.1) is 0 Å². The van der Waals surface area contributed by atoms with Crippen LogP contribution in [0.25, 0.3) is 0 Å². The second-order valence-electron chi connectivity index (χ2n) is 4.85. The molecule has 0 radical (unpaired) electrons. The third-order valence-electron chi connectivity index (χ3n) is 3.39. The normalized spacial score (nSPS) is 45.6. The first-order valence-corrected chi connectivity index (χ1v) is 6.83. The predicted octanol–water partition coefficient (Wildman–Crippen LogP) is 1.56. The molecule has 2 unspecified atom stereocenters. The van der Waals surface area contributed by atoms with E-state index in [2.05, 4.69) is 42.7 Å². The van der Waals surface area contributed by atoms with Crippen LogP contribution in [0.1, 0.15) is 27.2 Å². The number of hydrogen-bond acceptors (Lipinski definition) is 3. The molecule has 0 aromatic heterocycles. The topological polar surface area (TPSA) is 15.3 Å². The van der Waals surface area contributed by atoms with Gasteiger partial charge in [-0.2, -0.15) is 11.8 Å². The summed E-state index contributed by atoms with van der Waals surface area (Å²) in [5.74, 6) is 1.36. The summed E-state index contributed by atoms with van der Waals surface area (Å²) in [5.41, 5.74) is 0. The van der Waals surface area contributed by atoms with Crippen LogP contribution in [-0.4, -0.2) is 47.1 Å². The first-order chi connectivity index (χ1) is 6.66. The molecule has 0 saturated carbocycles. The van der Waals surface area contributed by atoms with Crippen molar-refractivity contribution in [2.24, 2.45) is 0 Å². The van der Waals surface area contributed by atoms with Crippen LogP contribution in [0, 0.1) is 0 Å². The monoisotopic (exact) mass is 214 g/mol. The van der Waals surface area contributed by atoms with Crippen molar-refractivity contribution in [3.63, 3.8) is 0 Å². The number of nitrogens with zero attached hydrogens (tertiary/aromatic N) is 1. The minimum atomic E-state index is 0.663. The van der Waals surface area contributed by atoms with Gasteiger partial charge in [-0.1, -0.05) is 6.92 Å². The standard InChI is InChI=1S/C11H22N2S/c1-8-6-13(7-9(2)12-8)11-4-5-14-10(11)3/h8-12H,4-7H2,1-3H3/t8-,9+,10?,11?. The van der Waals surface area contributed by atoms with Crippen molar-refractivity contribution < 1.29 is 0 Å². The van der Waals surface area contributed by atoms with Crippen molar-refractivity contribution in [3.8, 4) is 0 Å². The van der Waals surface area contributed by atoms with Gasteiger partial charge in [0.2, 0.25) is 0 Å². The molecular formula is C11H22N2S. The summed E-state index contributed by atoms with van der Waals surface area (Å²) in [6.45, 7) is 9.46. The third kappa shape index (κ3) is 2.26. The highest BCUT2D eigenvalue weighted by molar-refractivity contribution is 8.00. The zero-order valence-corrected chi connectivity index (χ0v) is 10.3. The van der Waals surface area contributed by atoms with E-state index in [1.807, 2.05) is 0 Å². The fourth-order valence-corrected chi connectivity index (χ4v) is 4.12. The Kier molecular flexibility index (Phi) is 3.40. The molecule has 2 aliphatic rings. The summed E-state index contributed by atoms with van der Waals surface area (Å²) in [5, 5.41) is 4.44. The highest BCUT2D eigenvalue weighted by atomic mass is 32.2. The van der Waals surface area contributed by atoms with Crippen molar-refractivity contribution in [2.75, 3.05) is 18.8 Å². The highest BCUT2D eigenvalue weighted by Gasteiger charge is 2.33. The molecule has 3 heteroatoms. The first-order valence-electron chi connectivity index (χ1n) is 5.78. The van der Waals surface area contributed by atoms with Crippen LogP contribution in [0.4, 0.5) is 0 Å². The zero-order chi connectivity index (χ0) is 10.1. The average molecular weight is 214 g/mol. The molecule has 0 bridgehead atoms. The number of piperazine rings is 1. The molecule has 4 atom stereocenters. The summed E-state index contributed by atoms with van der Waals surface area (Å²) in [7, 11) is 0. The SMILES string of the molecule is CC1SCCC1N1C[C@@H](C)N[C@@H](C)C1. The molecular weight excluding hydrogens is 192 g/mol. The van der Waals surface area contributed by atoms with Crippen LogP contribution in [0.3, 0.4) is 0 Å². The number of nitrogens with one attached hydrogen (secondary N) is 1. The lowest BCUT2D eigenvalue weighted by atomic mass is 10.1. The first kappa shape index (κ1) is 10.8. The van der Waals surface area contributed by atoms with Gasteiger partial charge in [0.1, 0.15) is 0 Å². The average Bonchev–Trinajstić information content (AvgIpc) is 2.49. The van der Waals surface area contributed by atoms with Crippen LogP contribution in [0.15, 0.2) is 0 Å². The van der Waals surface area contributed by atoms with E-state index in [0.717, 1.165) is 11.3 Å². The van der Waals surface area contributed by atoms with E-state index in [9.17, 15) is 0 Å². The number of hydrogen-bond donors (Lipinski definition) is 1. The fourth-order valence-electron chi connectivity index (χ4n) is 2.84. The maximum atomic E-state index is 3.60. The zero-order valence-electron chi connectivity index (χ0n) is 9.49. The van der Waals surface area contributed by atoms with Gasteiger partial charge in [0, 0.05) is 36.5 Å². The molecule has 0 amide bonds. The molecule has 2 saturated heterocycles. The van der Waals surface area contributed by atoms with Crippen molar-refractivity contribution in [1.29, 1.82) is 0 Å². The Morgan fingerprint density at radius 1 is 1.14 bits per heavy atom. The molecule has 2 aliphatic heterocycles. The molecule has 0 aromatic rings. The van der Waals surface area contributed by atoms with Crippen molar-refractivity contribution >= 4 is 11.8 Å². The summed E-state index contributed by atoms with van der Waals surface area (Å²) in [4.78, 5) is 2.70. The van der Waals surface area contributed by atoms with Crippen molar-refractivity contribution in [1.82, 2.24) is 10.2 Å². The van der Waals surface area contributed by atoms with E-state index in [0.29, 0.717) is 12.1 Å². The number of thioether (sulfide) groups is 1. The van der Waals surface area contributed by atoms with Crippen molar-refractivity contribution in [3.05, 3.63) is 0 Å². The lowest BCUT2D eigenvalue weighted by molar-refractivity contribution is 0.124. The molecule has 0 spiro atoms. The summed E-state index contributed by atoms with van der Waals surface area (Å²) >= 11 is 2.14. The minimum absolute atomic E-state index is 0.663. The Morgan fingerprint density at radius 3 is 2.29 bits per heavy atom. The maximum absolute atomic E-state index is 3.60. The molecule has 2 nitrogen and oxygen atoms in total. The van der Waals surface area contributed by atoms with E-state index in [1.165, 1.54) is 25.3 Å². The minimum Gasteiger partial charge on any atom is -0.309 e. The van der Waals surface area contributed by atoms with Gasteiger partial charge in [-0.15, -0.1) is 0 Å². The maximum Gasteiger partial charge on any atom is 0.0221 e. The molecule has 0 aromatic carbocycles. The fraction of sp³-hybridized carbons (Fsp3) is 1.00. The molecule has 1 N–H and O–H groups in total. The van der Waals surface area contributed by atoms with E-state index in [4.69, 9.17) is 0 Å². The van der Waals surface area contributed by atoms with Crippen LogP contribution < -0.4 is 5.32 Å². The van der Waals surface area contributed by atoms with Crippen LogP contribution in [0.5, 0.6) is 0 Å². The van der Waals surface area contributed by atoms with Gasteiger partial charge in [-0.3, -0.25) is 4.90 Å². The van der Waals surface area contributed by atoms with Crippen LogP contribution >= 0.6 is 11.8 Å². The van der Waals surface area contributed by atoms with Crippen LogP contribution in [-0.2, 0) is 0 Å². The second-order valence-corrected chi connectivity index (χ2v) is 6.34. The summed E-state index contributed by atoms with van der Waals surface area (Å²) in [6.07, 6.45) is 1.39. The van der Waals surface area contributed by atoms with Crippen molar-refractivity contribution in [2.45, 2.75) is 50.6 Å². The third-order valence-corrected chi connectivity index (χ3v) is 4.70. The van der Waals surface area contributed by atoms with Crippen LogP contribution in [0.2, 0.25) is 0 Å². The molecule has 2 heterocycles. The molecule has 14 heavy (non-hydrogen) atoms.